The number of nitrogens with zero attached hydrogens (tertiary/aromatic N) is 1. The van der Waals surface area contributed by atoms with Crippen LogP contribution in [0.5, 0.6) is 5.75 Å². The van der Waals surface area contributed by atoms with Gasteiger partial charge in [0.25, 0.3) is 5.91 Å². The highest BCUT2D eigenvalue weighted by Gasteiger charge is 2.49. The summed E-state index contributed by atoms with van der Waals surface area (Å²) in [6.07, 6.45) is 0. The standard InChI is InChI=1S/C19H15ClF2N2O4/c1-19(12-4-8-14(9-5-12)28-17(21)22)16(26)24(18(27)23-19)10-15(25)11-2-6-13(20)7-3-11/h2-9,17H,10H2,1H3,(H,23,27). The predicted molar refractivity (Wildman–Crippen MR) is 96.5 cm³/mol. The molecule has 0 radical (unpaired) electrons. The van der Waals surface area contributed by atoms with Gasteiger partial charge in [0.1, 0.15) is 11.3 Å². The lowest BCUT2D eigenvalue weighted by molar-refractivity contribution is -0.130. The summed E-state index contributed by atoms with van der Waals surface area (Å²) in [5.41, 5.74) is -0.748. The number of carbonyl (C=O) groups excluding carboxylic acids is 3. The van der Waals surface area contributed by atoms with E-state index in [9.17, 15) is 23.2 Å². The van der Waals surface area contributed by atoms with Gasteiger partial charge in [0, 0.05) is 10.6 Å². The van der Waals surface area contributed by atoms with Gasteiger partial charge >= 0.3 is 12.6 Å². The summed E-state index contributed by atoms with van der Waals surface area (Å²) in [5.74, 6) is -1.12. The molecule has 28 heavy (non-hydrogen) atoms. The van der Waals surface area contributed by atoms with E-state index in [2.05, 4.69) is 10.1 Å². The maximum atomic E-state index is 12.8. The van der Waals surface area contributed by atoms with E-state index >= 15 is 0 Å². The lowest BCUT2D eigenvalue weighted by atomic mass is 9.92. The Kier molecular flexibility index (Phi) is 5.33. The fraction of sp³-hybridized carbons (Fsp3) is 0.211. The number of amides is 3. The molecule has 3 rings (SSSR count). The molecule has 1 heterocycles. The van der Waals surface area contributed by atoms with Gasteiger partial charge in [-0.25, -0.2) is 4.79 Å². The number of benzene rings is 2. The first-order valence-electron chi connectivity index (χ1n) is 8.19. The number of carbonyl (C=O) groups is 3. The maximum Gasteiger partial charge on any atom is 0.387 e. The molecule has 0 aromatic heterocycles. The van der Waals surface area contributed by atoms with Crippen LogP contribution in [-0.2, 0) is 10.3 Å². The molecule has 146 valence electrons. The predicted octanol–water partition coefficient (Wildman–Crippen LogP) is 3.59. The highest BCUT2D eigenvalue weighted by Crippen LogP contribution is 2.30. The first-order chi connectivity index (χ1) is 13.2. The number of imide groups is 1. The fourth-order valence-corrected chi connectivity index (χ4v) is 3.00. The van der Waals surface area contributed by atoms with Crippen LogP contribution in [0, 0.1) is 0 Å². The van der Waals surface area contributed by atoms with Crippen molar-refractivity contribution in [3.05, 3.63) is 64.7 Å². The second kappa shape index (κ2) is 7.55. The van der Waals surface area contributed by atoms with Crippen molar-refractivity contribution in [3.8, 4) is 5.75 Å². The van der Waals surface area contributed by atoms with Gasteiger partial charge in [-0.2, -0.15) is 8.78 Å². The average molecular weight is 409 g/mol. The SMILES string of the molecule is CC1(c2ccc(OC(F)F)cc2)NC(=O)N(CC(=O)c2ccc(Cl)cc2)C1=O. The van der Waals surface area contributed by atoms with E-state index in [4.69, 9.17) is 11.6 Å². The Morgan fingerprint density at radius 3 is 2.32 bits per heavy atom. The third kappa shape index (κ3) is 3.82. The molecule has 1 N–H and O–H groups in total. The van der Waals surface area contributed by atoms with Crippen molar-refractivity contribution in [3.63, 3.8) is 0 Å². The Hall–Kier alpha value is -3.00. The summed E-state index contributed by atoms with van der Waals surface area (Å²) >= 11 is 5.79. The Labute approximate surface area is 164 Å². The van der Waals surface area contributed by atoms with E-state index in [-0.39, 0.29) is 5.75 Å². The number of ether oxygens (including phenoxy) is 1. The number of rotatable bonds is 6. The molecule has 9 heteroatoms. The highest BCUT2D eigenvalue weighted by atomic mass is 35.5. The van der Waals surface area contributed by atoms with Crippen molar-refractivity contribution in [2.24, 2.45) is 0 Å². The molecule has 1 fully saturated rings. The first kappa shape index (κ1) is 19.8. The first-order valence-corrected chi connectivity index (χ1v) is 8.57. The molecule has 1 saturated heterocycles. The summed E-state index contributed by atoms with van der Waals surface area (Å²) in [6, 6.07) is 10.7. The number of nitrogens with one attached hydrogen (secondary N) is 1. The quantitative estimate of drug-likeness (QED) is 0.585. The monoisotopic (exact) mass is 408 g/mol. The fourth-order valence-electron chi connectivity index (χ4n) is 2.88. The highest BCUT2D eigenvalue weighted by molar-refractivity contribution is 6.30. The van der Waals surface area contributed by atoms with E-state index in [1.807, 2.05) is 0 Å². The van der Waals surface area contributed by atoms with Crippen LogP contribution >= 0.6 is 11.6 Å². The number of hydrogen-bond acceptors (Lipinski definition) is 4. The van der Waals surface area contributed by atoms with Crippen LogP contribution < -0.4 is 10.1 Å². The Morgan fingerprint density at radius 2 is 1.75 bits per heavy atom. The van der Waals surface area contributed by atoms with E-state index in [1.165, 1.54) is 55.5 Å². The lowest BCUT2D eigenvalue weighted by Crippen LogP contribution is -2.41. The minimum absolute atomic E-state index is 0.0751. The number of hydrogen-bond donors (Lipinski definition) is 1. The molecular formula is C19H15ClF2N2O4. The van der Waals surface area contributed by atoms with Crippen molar-refractivity contribution in [1.82, 2.24) is 10.2 Å². The minimum Gasteiger partial charge on any atom is -0.435 e. The molecule has 0 aliphatic carbocycles. The Balaban J connectivity index is 1.78. The van der Waals surface area contributed by atoms with Gasteiger partial charge in [0.15, 0.2) is 5.78 Å². The molecular weight excluding hydrogens is 394 g/mol. The van der Waals surface area contributed by atoms with Crippen LogP contribution in [0.25, 0.3) is 0 Å². The summed E-state index contributed by atoms with van der Waals surface area (Å²) in [6.45, 7) is -1.93. The van der Waals surface area contributed by atoms with Crippen molar-refractivity contribution < 1.29 is 27.9 Å². The van der Waals surface area contributed by atoms with Gasteiger partial charge in [0.2, 0.25) is 0 Å². The van der Waals surface area contributed by atoms with Crippen LogP contribution in [0.3, 0.4) is 0 Å². The Bertz CT molecular complexity index is 919. The third-order valence-electron chi connectivity index (χ3n) is 4.40. The topological polar surface area (TPSA) is 75.7 Å². The molecule has 0 spiro atoms. The van der Waals surface area contributed by atoms with E-state index in [0.29, 0.717) is 16.1 Å². The van der Waals surface area contributed by atoms with Gasteiger partial charge in [0.05, 0.1) is 6.54 Å². The van der Waals surface area contributed by atoms with E-state index in [0.717, 1.165) is 4.90 Å². The summed E-state index contributed by atoms with van der Waals surface area (Å²) in [7, 11) is 0. The van der Waals surface area contributed by atoms with Crippen molar-refractivity contribution in [2.75, 3.05) is 6.54 Å². The molecule has 6 nitrogen and oxygen atoms in total. The van der Waals surface area contributed by atoms with Crippen molar-refractivity contribution in [1.29, 1.82) is 0 Å². The molecule has 0 bridgehead atoms. The molecule has 1 atom stereocenters. The molecule has 2 aromatic carbocycles. The molecule has 1 aliphatic heterocycles. The van der Waals surface area contributed by atoms with Crippen LogP contribution in [0.4, 0.5) is 13.6 Å². The average Bonchev–Trinajstić information content (AvgIpc) is 2.86. The number of urea groups is 1. The zero-order valence-electron chi connectivity index (χ0n) is 14.6. The molecule has 3 amide bonds. The van der Waals surface area contributed by atoms with Crippen LogP contribution in [0.2, 0.25) is 5.02 Å². The van der Waals surface area contributed by atoms with Crippen molar-refractivity contribution >= 4 is 29.3 Å². The zero-order chi connectivity index (χ0) is 20.5. The van der Waals surface area contributed by atoms with Gasteiger partial charge in [-0.05, 0) is 48.9 Å². The molecule has 1 unspecified atom stereocenters. The van der Waals surface area contributed by atoms with Gasteiger partial charge in [-0.3, -0.25) is 14.5 Å². The zero-order valence-corrected chi connectivity index (χ0v) is 15.4. The van der Waals surface area contributed by atoms with Crippen LogP contribution in [0.1, 0.15) is 22.8 Å². The normalized spacial score (nSPS) is 19.1. The number of Topliss-reactive ketones (excluding diaryl/α,β-unsaturated/α-hetero) is 1. The third-order valence-corrected chi connectivity index (χ3v) is 4.65. The molecule has 2 aromatic rings. The van der Waals surface area contributed by atoms with Gasteiger partial charge < -0.3 is 10.1 Å². The van der Waals surface area contributed by atoms with E-state index < -0.39 is 36.4 Å². The number of alkyl halides is 2. The minimum atomic E-state index is -2.97. The van der Waals surface area contributed by atoms with Crippen LogP contribution in [-0.4, -0.2) is 35.8 Å². The second-order valence-corrected chi connectivity index (χ2v) is 6.72. The smallest absolute Gasteiger partial charge is 0.387 e. The molecule has 1 aliphatic rings. The number of halogens is 3. The lowest BCUT2D eigenvalue weighted by Gasteiger charge is -2.22. The maximum absolute atomic E-state index is 12.8. The summed E-state index contributed by atoms with van der Waals surface area (Å²) in [5, 5.41) is 3.00. The van der Waals surface area contributed by atoms with Crippen molar-refractivity contribution in [2.45, 2.75) is 19.1 Å². The van der Waals surface area contributed by atoms with Gasteiger partial charge in [-0.15, -0.1) is 0 Å². The van der Waals surface area contributed by atoms with E-state index in [1.54, 1.807) is 0 Å². The second-order valence-electron chi connectivity index (χ2n) is 6.28. The number of ketones is 1. The molecule has 0 saturated carbocycles. The summed E-state index contributed by atoms with van der Waals surface area (Å²) < 4.78 is 28.8. The van der Waals surface area contributed by atoms with Crippen LogP contribution in [0.15, 0.2) is 48.5 Å². The van der Waals surface area contributed by atoms with Gasteiger partial charge in [-0.1, -0.05) is 23.7 Å². The summed E-state index contributed by atoms with van der Waals surface area (Å²) in [4.78, 5) is 38.4. The largest absolute Gasteiger partial charge is 0.435 e. The Morgan fingerprint density at radius 1 is 1.14 bits per heavy atom.